The Morgan fingerprint density at radius 2 is 0.727 bits per heavy atom. The second kappa shape index (κ2) is 17.0. The highest BCUT2D eigenvalue weighted by Gasteiger charge is 2.18. The summed E-state index contributed by atoms with van der Waals surface area (Å²) >= 11 is 0. The molecule has 0 saturated heterocycles. The summed E-state index contributed by atoms with van der Waals surface area (Å²) in [5.41, 5.74) is 0.359. The van der Waals surface area contributed by atoms with Crippen molar-refractivity contribution in [3.05, 3.63) is 120 Å². The molecule has 0 amide bonds. The Bertz CT molecular complexity index is 1420. The van der Waals surface area contributed by atoms with Gasteiger partial charge in [-0.2, -0.15) is 0 Å². The number of para-hydroxylation sites is 4. The minimum absolute atomic E-state index is 0.168. The topological polar surface area (TPSA) is 105 Å². The van der Waals surface area contributed by atoms with Gasteiger partial charge in [-0.15, -0.1) is 0 Å². The summed E-state index contributed by atoms with van der Waals surface area (Å²) in [5, 5.41) is 0. The van der Waals surface area contributed by atoms with Gasteiger partial charge >= 0.3 is 23.9 Å². The molecule has 0 aliphatic rings. The first-order chi connectivity index (χ1) is 21.5. The number of esters is 4. The summed E-state index contributed by atoms with van der Waals surface area (Å²) < 4.78 is 21.7. The van der Waals surface area contributed by atoms with Crippen LogP contribution in [0.2, 0.25) is 0 Å². The molecule has 0 bridgehead atoms. The van der Waals surface area contributed by atoms with E-state index in [1.807, 2.05) is 12.1 Å². The number of carbonyl (C=O) groups excluding carboxylic acids is 4. The molecule has 0 aromatic heterocycles. The molecular formula is C36H34O8. The molecule has 0 saturated carbocycles. The molecular weight excluding hydrogens is 560 g/mol. The molecule has 8 heteroatoms. The molecule has 0 aliphatic carbocycles. The van der Waals surface area contributed by atoms with E-state index in [4.69, 9.17) is 18.9 Å². The number of hydrogen-bond acceptors (Lipinski definition) is 8. The van der Waals surface area contributed by atoms with Crippen LogP contribution >= 0.6 is 0 Å². The van der Waals surface area contributed by atoms with E-state index < -0.39 is 23.9 Å². The highest BCUT2D eigenvalue weighted by molar-refractivity contribution is 5.95. The van der Waals surface area contributed by atoms with E-state index in [0.29, 0.717) is 24.3 Å². The lowest BCUT2D eigenvalue weighted by Crippen LogP contribution is -2.14. The summed E-state index contributed by atoms with van der Waals surface area (Å²) in [6, 6.07) is 30.4. The smallest absolute Gasteiger partial charge is 0.347 e. The third-order valence-electron chi connectivity index (χ3n) is 6.58. The zero-order valence-corrected chi connectivity index (χ0v) is 24.3. The van der Waals surface area contributed by atoms with Gasteiger partial charge in [-0.25, -0.2) is 9.59 Å². The van der Waals surface area contributed by atoms with Gasteiger partial charge in [-0.1, -0.05) is 86.3 Å². The van der Waals surface area contributed by atoms with E-state index >= 15 is 0 Å². The van der Waals surface area contributed by atoms with Gasteiger partial charge in [0.25, 0.3) is 0 Å². The van der Waals surface area contributed by atoms with Crippen LogP contribution in [0.5, 0.6) is 23.0 Å². The quantitative estimate of drug-likeness (QED) is 0.0781. The van der Waals surface area contributed by atoms with Crippen LogP contribution in [-0.2, 0) is 9.59 Å². The van der Waals surface area contributed by atoms with Gasteiger partial charge in [0.1, 0.15) is 34.1 Å². The molecule has 8 nitrogen and oxygen atoms in total. The van der Waals surface area contributed by atoms with E-state index in [9.17, 15) is 19.2 Å². The lowest BCUT2D eigenvalue weighted by molar-refractivity contribution is -0.135. The molecule has 4 rings (SSSR count). The average molecular weight is 595 g/mol. The average Bonchev–Trinajstić information content (AvgIpc) is 3.03. The Balaban J connectivity index is 1.10. The van der Waals surface area contributed by atoms with Crippen molar-refractivity contribution in [3.8, 4) is 23.0 Å². The number of carbonyl (C=O) groups is 4. The van der Waals surface area contributed by atoms with Gasteiger partial charge in [0.05, 0.1) is 0 Å². The van der Waals surface area contributed by atoms with E-state index in [2.05, 4.69) is 0 Å². The maximum atomic E-state index is 12.6. The normalized spacial score (nSPS) is 10.5. The largest absolute Gasteiger partial charge is 0.426 e. The van der Waals surface area contributed by atoms with Crippen molar-refractivity contribution >= 4 is 23.9 Å². The summed E-state index contributed by atoms with van der Waals surface area (Å²) in [7, 11) is 0. The standard InChI is InChI=1S/C36H34O8/c37-33(43-31-23-15-13-21-29(31)35(39)41-27-17-7-5-8-18-27)25-11-3-1-2-4-12-26-34(38)44-32-24-16-14-22-30(32)36(40)42-28-19-9-6-10-20-28/h5-10,13-24H,1-4,11-12,25-26H2. The van der Waals surface area contributed by atoms with Crippen LogP contribution in [0.4, 0.5) is 0 Å². The minimum atomic E-state index is -0.599. The number of hydrogen-bond donors (Lipinski definition) is 0. The SMILES string of the molecule is O=C(CCCCCCCCC(=O)Oc1ccccc1C(=O)Oc1ccccc1)Oc1ccccc1C(=O)Oc1ccccc1. The Labute approximate surface area is 256 Å². The molecule has 0 spiro atoms. The van der Waals surface area contributed by atoms with E-state index in [1.54, 1.807) is 97.1 Å². The van der Waals surface area contributed by atoms with Gasteiger partial charge in [-0.05, 0) is 61.4 Å². The molecule has 44 heavy (non-hydrogen) atoms. The predicted molar refractivity (Wildman–Crippen MR) is 164 cm³/mol. The number of ether oxygens (including phenoxy) is 4. The molecule has 0 aliphatic heterocycles. The van der Waals surface area contributed by atoms with Gasteiger partial charge in [-0.3, -0.25) is 9.59 Å². The first-order valence-electron chi connectivity index (χ1n) is 14.6. The molecule has 0 heterocycles. The highest BCUT2D eigenvalue weighted by atomic mass is 16.6. The van der Waals surface area contributed by atoms with Crippen LogP contribution in [0.3, 0.4) is 0 Å². The van der Waals surface area contributed by atoms with Crippen LogP contribution < -0.4 is 18.9 Å². The Kier molecular flexibility index (Phi) is 12.3. The van der Waals surface area contributed by atoms with Gasteiger partial charge < -0.3 is 18.9 Å². The summed E-state index contributed by atoms with van der Waals surface area (Å²) in [6.45, 7) is 0. The monoisotopic (exact) mass is 594 g/mol. The second-order valence-electron chi connectivity index (χ2n) is 9.97. The highest BCUT2D eigenvalue weighted by Crippen LogP contribution is 2.23. The zero-order chi connectivity index (χ0) is 31.0. The fraction of sp³-hybridized carbons (Fsp3) is 0.222. The number of unbranched alkanes of at least 4 members (excludes halogenated alkanes) is 5. The number of rotatable bonds is 15. The Morgan fingerprint density at radius 3 is 1.14 bits per heavy atom. The molecule has 0 fully saturated rings. The first-order valence-corrected chi connectivity index (χ1v) is 14.6. The van der Waals surface area contributed by atoms with Crippen molar-refractivity contribution < 1.29 is 38.1 Å². The van der Waals surface area contributed by atoms with E-state index in [-0.39, 0.29) is 35.5 Å². The molecule has 0 atom stereocenters. The summed E-state index contributed by atoms with van der Waals surface area (Å²) in [5.74, 6) is -0.885. The van der Waals surface area contributed by atoms with Gasteiger partial charge in [0, 0.05) is 12.8 Å². The molecule has 0 unspecified atom stereocenters. The molecule has 4 aromatic carbocycles. The minimum Gasteiger partial charge on any atom is -0.426 e. The maximum Gasteiger partial charge on any atom is 0.347 e. The van der Waals surface area contributed by atoms with Gasteiger partial charge in [0.2, 0.25) is 0 Å². The van der Waals surface area contributed by atoms with Crippen molar-refractivity contribution in [1.29, 1.82) is 0 Å². The maximum absolute atomic E-state index is 12.6. The Morgan fingerprint density at radius 1 is 0.386 bits per heavy atom. The predicted octanol–water partition coefficient (Wildman–Crippen LogP) is 7.76. The van der Waals surface area contributed by atoms with E-state index in [1.165, 1.54) is 0 Å². The number of benzene rings is 4. The van der Waals surface area contributed by atoms with Crippen molar-refractivity contribution in [2.75, 3.05) is 0 Å². The molecule has 4 aromatic rings. The fourth-order valence-corrected chi connectivity index (χ4v) is 4.34. The van der Waals surface area contributed by atoms with Crippen molar-refractivity contribution in [3.63, 3.8) is 0 Å². The third-order valence-corrected chi connectivity index (χ3v) is 6.58. The third kappa shape index (κ3) is 10.2. The lowest BCUT2D eigenvalue weighted by atomic mass is 10.1. The Hall–Kier alpha value is -5.24. The van der Waals surface area contributed by atoms with Crippen LogP contribution in [0.1, 0.15) is 72.1 Å². The van der Waals surface area contributed by atoms with Crippen LogP contribution in [0.15, 0.2) is 109 Å². The van der Waals surface area contributed by atoms with Gasteiger partial charge in [0.15, 0.2) is 0 Å². The molecule has 0 radical (unpaired) electrons. The fourth-order valence-electron chi connectivity index (χ4n) is 4.34. The second-order valence-corrected chi connectivity index (χ2v) is 9.97. The first kappa shape index (κ1) is 31.7. The van der Waals surface area contributed by atoms with Crippen LogP contribution in [-0.4, -0.2) is 23.9 Å². The summed E-state index contributed by atoms with van der Waals surface area (Å²) in [4.78, 5) is 50.0. The zero-order valence-electron chi connectivity index (χ0n) is 24.3. The lowest BCUT2D eigenvalue weighted by Gasteiger charge is -2.10. The van der Waals surface area contributed by atoms with Crippen molar-refractivity contribution in [2.24, 2.45) is 0 Å². The van der Waals surface area contributed by atoms with Crippen molar-refractivity contribution in [1.82, 2.24) is 0 Å². The van der Waals surface area contributed by atoms with Crippen LogP contribution in [0.25, 0.3) is 0 Å². The summed E-state index contributed by atoms with van der Waals surface area (Å²) in [6.07, 6.45) is 5.19. The molecule has 0 N–H and O–H groups in total. The van der Waals surface area contributed by atoms with Crippen molar-refractivity contribution in [2.45, 2.75) is 51.4 Å². The van der Waals surface area contributed by atoms with E-state index in [0.717, 1.165) is 25.7 Å². The molecule has 226 valence electrons. The van der Waals surface area contributed by atoms with Crippen LogP contribution in [0, 0.1) is 0 Å².